The largest absolute Gasteiger partial charge is 0.0654 e. The number of hydrogen-bond donors (Lipinski definition) is 0. The first kappa shape index (κ1) is 14.0. The molecule has 0 heterocycles. The molecule has 14 heavy (non-hydrogen) atoms. The fraction of sp³-hybridized carbons (Fsp3) is 0.929. The summed E-state index contributed by atoms with van der Waals surface area (Å²) in [7, 11) is 0. The van der Waals surface area contributed by atoms with Crippen LogP contribution in [0.3, 0.4) is 0 Å². The van der Waals surface area contributed by atoms with Gasteiger partial charge in [-0.15, -0.1) is 0 Å². The van der Waals surface area contributed by atoms with Crippen LogP contribution < -0.4 is 0 Å². The molecule has 0 unspecified atom stereocenters. The molecule has 0 spiro atoms. The lowest BCUT2D eigenvalue weighted by molar-refractivity contribution is 0.0479. The van der Waals surface area contributed by atoms with Crippen molar-refractivity contribution >= 4 is 0 Å². The molecule has 0 rings (SSSR count). The van der Waals surface area contributed by atoms with Gasteiger partial charge in [0, 0.05) is 0 Å². The molecular weight excluding hydrogens is 168 g/mol. The molecule has 85 valence electrons. The molecule has 0 saturated carbocycles. The summed E-state index contributed by atoms with van der Waals surface area (Å²) in [6, 6.07) is 0. The molecule has 0 aromatic carbocycles. The van der Waals surface area contributed by atoms with Crippen molar-refractivity contribution in [2.24, 2.45) is 10.8 Å². The average Bonchev–Trinajstić information content (AvgIpc) is 2.18. The van der Waals surface area contributed by atoms with Crippen LogP contribution in [0.25, 0.3) is 0 Å². The third-order valence-electron chi connectivity index (χ3n) is 4.42. The summed E-state index contributed by atoms with van der Waals surface area (Å²) in [6.45, 7) is 16.0. The third kappa shape index (κ3) is 2.74. The van der Waals surface area contributed by atoms with Crippen LogP contribution in [0, 0.1) is 17.8 Å². The monoisotopic (exact) mass is 197 g/mol. The first-order valence-electron chi connectivity index (χ1n) is 6.29. The van der Waals surface area contributed by atoms with Crippen LogP contribution in [0.15, 0.2) is 0 Å². The highest BCUT2D eigenvalue weighted by atomic mass is 14.4. The quantitative estimate of drug-likeness (QED) is 0.524. The second kappa shape index (κ2) is 5.78. The minimum Gasteiger partial charge on any atom is -0.0654 e. The van der Waals surface area contributed by atoms with Crippen molar-refractivity contribution in [3.05, 3.63) is 6.92 Å². The first-order valence-corrected chi connectivity index (χ1v) is 6.29. The molecule has 0 aromatic heterocycles. The molecular formula is C14H29. The van der Waals surface area contributed by atoms with Crippen LogP contribution in [0.5, 0.6) is 0 Å². The van der Waals surface area contributed by atoms with Crippen molar-refractivity contribution in [1.82, 2.24) is 0 Å². The maximum atomic E-state index is 4.17. The van der Waals surface area contributed by atoms with Crippen molar-refractivity contribution in [3.63, 3.8) is 0 Å². The zero-order valence-corrected chi connectivity index (χ0v) is 10.9. The molecule has 0 bridgehead atoms. The standard InChI is InChI=1S/C14H29/c1-7-11-12-13(5,6)14(8-2,9-3)10-4/h2,7-12H2,1,3-6H3. The van der Waals surface area contributed by atoms with E-state index in [2.05, 4.69) is 41.5 Å². The fourth-order valence-electron chi connectivity index (χ4n) is 2.78. The molecule has 0 nitrogen and oxygen atoms in total. The van der Waals surface area contributed by atoms with Gasteiger partial charge >= 0.3 is 0 Å². The molecule has 0 amide bonds. The maximum Gasteiger partial charge on any atom is -0.0251 e. The van der Waals surface area contributed by atoms with Crippen LogP contribution in [0.4, 0.5) is 0 Å². The highest BCUT2D eigenvalue weighted by molar-refractivity contribution is 4.91. The van der Waals surface area contributed by atoms with E-state index in [-0.39, 0.29) is 0 Å². The molecule has 0 heteroatoms. The van der Waals surface area contributed by atoms with E-state index in [0.717, 1.165) is 6.42 Å². The topological polar surface area (TPSA) is 0 Å². The second-order valence-electron chi connectivity index (χ2n) is 5.22. The number of rotatable bonds is 7. The Labute approximate surface area is 91.5 Å². The Hall–Kier alpha value is 0. The van der Waals surface area contributed by atoms with E-state index in [1.807, 2.05) is 0 Å². The average molecular weight is 197 g/mol. The lowest BCUT2D eigenvalue weighted by atomic mass is 9.59. The van der Waals surface area contributed by atoms with Gasteiger partial charge in [-0.3, -0.25) is 0 Å². The van der Waals surface area contributed by atoms with Gasteiger partial charge in [0.1, 0.15) is 0 Å². The maximum absolute atomic E-state index is 4.17. The molecule has 0 aliphatic carbocycles. The number of hydrogen-bond acceptors (Lipinski definition) is 0. The van der Waals surface area contributed by atoms with Gasteiger partial charge in [0.2, 0.25) is 0 Å². The lowest BCUT2D eigenvalue weighted by Gasteiger charge is -2.46. The molecule has 0 saturated heterocycles. The summed E-state index contributed by atoms with van der Waals surface area (Å²) >= 11 is 0. The Balaban J connectivity index is 4.60. The molecule has 0 fully saturated rings. The van der Waals surface area contributed by atoms with Crippen molar-refractivity contribution in [3.8, 4) is 0 Å². The Morgan fingerprint density at radius 1 is 1.00 bits per heavy atom. The Kier molecular flexibility index (Phi) is 5.78. The van der Waals surface area contributed by atoms with Gasteiger partial charge in [-0.05, 0) is 36.5 Å². The zero-order valence-electron chi connectivity index (χ0n) is 10.9. The van der Waals surface area contributed by atoms with E-state index >= 15 is 0 Å². The van der Waals surface area contributed by atoms with Crippen molar-refractivity contribution in [2.75, 3.05) is 0 Å². The van der Waals surface area contributed by atoms with Gasteiger partial charge in [-0.1, -0.05) is 54.4 Å². The van der Waals surface area contributed by atoms with Crippen molar-refractivity contribution < 1.29 is 0 Å². The lowest BCUT2D eigenvalue weighted by Crippen LogP contribution is -2.36. The smallest absolute Gasteiger partial charge is 0.0251 e. The van der Waals surface area contributed by atoms with Gasteiger partial charge in [0.05, 0.1) is 0 Å². The van der Waals surface area contributed by atoms with E-state index in [4.69, 9.17) is 0 Å². The molecule has 0 aromatic rings. The third-order valence-corrected chi connectivity index (χ3v) is 4.42. The second-order valence-corrected chi connectivity index (χ2v) is 5.22. The van der Waals surface area contributed by atoms with Crippen LogP contribution >= 0.6 is 0 Å². The highest BCUT2D eigenvalue weighted by Gasteiger charge is 2.39. The summed E-state index contributed by atoms with van der Waals surface area (Å²) in [5.74, 6) is 0. The van der Waals surface area contributed by atoms with E-state index in [1.54, 1.807) is 0 Å². The summed E-state index contributed by atoms with van der Waals surface area (Å²) in [5.41, 5.74) is 0.913. The summed E-state index contributed by atoms with van der Waals surface area (Å²) < 4.78 is 0. The fourth-order valence-corrected chi connectivity index (χ4v) is 2.78. The van der Waals surface area contributed by atoms with E-state index < -0.39 is 0 Å². The molecule has 0 N–H and O–H groups in total. The van der Waals surface area contributed by atoms with Gasteiger partial charge < -0.3 is 0 Å². The van der Waals surface area contributed by atoms with Crippen LogP contribution in [-0.2, 0) is 0 Å². The Bertz CT molecular complexity index is 132. The predicted molar refractivity (Wildman–Crippen MR) is 66.3 cm³/mol. The van der Waals surface area contributed by atoms with Crippen molar-refractivity contribution in [2.45, 2.75) is 73.1 Å². The number of unbranched alkanes of at least 4 members (excludes halogenated alkanes) is 1. The highest BCUT2D eigenvalue weighted by Crippen LogP contribution is 2.50. The predicted octanol–water partition coefficient (Wildman–Crippen LogP) is 5.23. The van der Waals surface area contributed by atoms with E-state index in [9.17, 15) is 0 Å². The Morgan fingerprint density at radius 3 is 1.79 bits per heavy atom. The van der Waals surface area contributed by atoms with Gasteiger partial charge in [0.15, 0.2) is 0 Å². The molecule has 1 radical (unpaired) electrons. The molecule has 0 aliphatic rings. The zero-order chi connectivity index (χ0) is 11.2. The van der Waals surface area contributed by atoms with Crippen molar-refractivity contribution in [1.29, 1.82) is 0 Å². The minimum atomic E-state index is 0.453. The Morgan fingerprint density at radius 2 is 1.50 bits per heavy atom. The first-order chi connectivity index (χ1) is 6.49. The van der Waals surface area contributed by atoms with Crippen LogP contribution in [-0.4, -0.2) is 0 Å². The normalized spacial score (nSPS) is 13.3. The minimum absolute atomic E-state index is 0.453. The summed E-state index contributed by atoms with van der Waals surface area (Å²) in [5, 5.41) is 0. The molecule has 0 aliphatic heterocycles. The van der Waals surface area contributed by atoms with Crippen LogP contribution in [0.2, 0.25) is 0 Å². The van der Waals surface area contributed by atoms with E-state index in [1.165, 1.54) is 32.1 Å². The summed E-state index contributed by atoms with van der Waals surface area (Å²) in [4.78, 5) is 0. The van der Waals surface area contributed by atoms with Gasteiger partial charge in [-0.2, -0.15) is 0 Å². The van der Waals surface area contributed by atoms with Crippen LogP contribution in [0.1, 0.15) is 73.1 Å². The van der Waals surface area contributed by atoms with Gasteiger partial charge in [0.25, 0.3) is 0 Å². The SMILES string of the molecule is [CH2]CC(CC)(CC)C(C)(C)CCCC. The van der Waals surface area contributed by atoms with E-state index in [0.29, 0.717) is 10.8 Å². The van der Waals surface area contributed by atoms with Gasteiger partial charge in [-0.25, -0.2) is 0 Å². The molecule has 0 atom stereocenters. The summed E-state index contributed by atoms with van der Waals surface area (Å²) in [6.07, 6.45) is 7.63.